The van der Waals surface area contributed by atoms with Crippen LogP contribution in [0.5, 0.6) is 17.5 Å². The number of carbonyl (C=O) groups excluding carboxylic acids is 1. The summed E-state index contributed by atoms with van der Waals surface area (Å²) in [6, 6.07) is 6.15. The van der Waals surface area contributed by atoms with Crippen LogP contribution in [0.1, 0.15) is 19.8 Å². The molecule has 0 radical (unpaired) electrons. The Balaban J connectivity index is 1.60. The lowest BCUT2D eigenvalue weighted by atomic mass is 9.97. The summed E-state index contributed by atoms with van der Waals surface area (Å²) in [6.45, 7) is 4.64. The lowest BCUT2D eigenvalue weighted by Gasteiger charge is -2.29. The average molecular weight is 363 g/mol. The molecule has 1 aromatic heterocycles. The Morgan fingerprint density at radius 1 is 1.19 bits per heavy atom. The van der Waals surface area contributed by atoms with E-state index < -0.39 is 23.5 Å². The molecule has 1 aromatic carbocycles. The van der Waals surface area contributed by atoms with E-state index in [1.807, 2.05) is 0 Å². The maximum atomic E-state index is 14.1. The standard InChI is InChI=1S/C18H19F2N3O3/c1-2-23-9-7-12(8-10-23)18(24)26-17-15(20)11-16(21-22-17)25-14-5-3-13(19)4-6-14/h3-6,11-12H,2,7-10H2,1H3. The molecule has 1 saturated heterocycles. The number of benzene rings is 1. The summed E-state index contributed by atoms with van der Waals surface area (Å²) in [5, 5.41) is 7.27. The van der Waals surface area contributed by atoms with E-state index in [9.17, 15) is 13.6 Å². The fraction of sp³-hybridized carbons (Fsp3) is 0.389. The molecule has 6 nitrogen and oxygen atoms in total. The van der Waals surface area contributed by atoms with Crippen molar-refractivity contribution >= 4 is 5.97 Å². The first-order chi connectivity index (χ1) is 12.5. The van der Waals surface area contributed by atoms with Crippen LogP contribution < -0.4 is 9.47 Å². The summed E-state index contributed by atoms with van der Waals surface area (Å²) < 4.78 is 37.3. The molecule has 1 aliphatic rings. The number of ether oxygens (including phenoxy) is 2. The Bertz CT molecular complexity index is 763. The molecule has 0 unspecified atom stereocenters. The van der Waals surface area contributed by atoms with Gasteiger partial charge in [0.25, 0.3) is 5.88 Å². The first-order valence-corrected chi connectivity index (χ1v) is 8.46. The predicted molar refractivity (Wildman–Crippen MR) is 88.9 cm³/mol. The van der Waals surface area contributed by atoms with Gasteiger partial charge in [0.1, 0.15) is 11.6 Å². The highest BCUT2D eigenvalue weighted by molar-refractivity contribution is 5.74. The number of hydrogen-bond acceptors (Lipinski definition) is 6. The van der Waals surface area contributed by atoms with Crippen molar-refractivity contribution in [3.8, 4) is 17.5 Å². The number of likely N-dealkylation sites (tertiary alicyclic amines) is 1. The molecule has 0 saturated carbocycles. The van der Waals surface area contributed by atoms with E-state index in [0.717, 1.165) is 25.7 Å². The van der Waals surface area contributed by atoms with Crippen molar-refractivity contribution in [1.29, 1.82) is 0 Å². The van der Waals surface area contributed by atoms with Crippen molar-refractivity contribution in [2.45, 2.75) is 19.8 Å². The lowest BCUT2D eigenvalue weighted by molar-refractivity contribution is -0.141. The molecule has 3 rings (SSSR count). The number of nitrogens with zero attached hydrogens (tertiary/aromatic N) is 3. The van der Waals surface area contributed by atoms with Gasteiger partial charge < -0.3 is 14.4 Å². The number of aromatic nitrogens is 2. The summed E-state index contributed by atoms with van der Waals surface area (Å²) >= 11 is 0. The van der Waals surface area contributed by atoms with Gasteiger partial charge in [0.15, 0.2) is 5.82 Å². The number of carbonyl (C=O) groups is 1. The zero-order chi connectivity index (χ0) is 18.5. The van der Waals surface area contributed by atoms with Gasteiger partial charge in [-0.2, -0.15) is 0 Å². The number of piperidine rings is 1. The van der Waals surface area contributed by atoms with Gasteiger partial charge in [-0.25, -0.2) is 8.78 Å². The van der Waals surface area contributed by atoms with E-state index in [0.29, 0.717) is 12.8 Å². The summed E-state index contributed by atoms with van der Waals surface area (Å²) in [5.74, 6) is -2.34. The van der Waals surface area contributed by atoms with E-state index in [1.54, 1.807) is 0 Å². The second-order valence-corrected chi connectivity index (χ2v) is 6.02. The third kappa shape index (κ3) is 4.51. The van der Waals surface area contributed by atoms with E-state index >= 15 is 0 Å². The van der Waals surface area contributed by atoms with Crippen LogP contribution in [0.4, 0.5) is 8.78 Å². The summed E-state index contributed by atoms with van der Waals surface area (Å²) in [7, 11) is 0. The Morgan fingerprint density at radius 3 is 2.50 bits per heavy atom. The quantitative estimate of drug-likeness (QED) is 0.761. The SMILES string of the molecule is CCN1CCC(C(=O)Oc2nnc(Oc3ccc(F)cc3)cc2F)CC1. The fourth-order valence-corrected chi connectivity index (χ4v) is 2.75. The molecular formula is C18H19F2N3O3. The minimum absolute atomic E-state index is 0.120. The number of halogens is 2. The third-order valence-corrected chi connectivity index (χ3v) is 4.30. The van der Waals surface area contributed by atoms with Crippen LogP contribution in [0.2, 0.25) is 0 Å². The van der Waals surface area contributed by atoms with Crippen LogP contribution in [0.3, 0.4) is 0 Å². The fourth-order valence-electron chi connectivity index (χ4n) is 2.75. The van der Waals surface area contributed by atoms with Crippen molar-refractivity contribution in [2.24, 2.45) is 5.92 Å². The highest BCUT2D eigenvalue weighted by Crippen LogP contribution is 2.24. The minimum atomic E-state index is -0.851. The van der Waals surface area contributed by atoms with Gasteiger partial charge in [0.2, 0.25) is 5.88 Å². The molecule has 2 heterocycles. The van der Waals surface area contributed by atoms with E-state index in [4.69, 9.17) is 9.47 Å². The molecule has 0 amide bonds. The zero-order valence-electron chi connectivity index (χ0n) is 14.3. The van der Waals surface area contributed by atoms with Gasteiger partial charge in [0, 0.05) is 6.07 Å². The Kier molecular flexibility index (Phi) is 5.72. The second kappa shape index (κ2) is 8.18. The monoisotopic (exact) mass is 363 g/mol. The van der Waals surface area contributed by atoms with E-state index in [-0.39, 0.29) is 17.5 Å². The van der Waals surface area contributed by atoms with E-state index in [1.165, 1.54) is 24.3 Å². The molecule has 2 aromatic rings. The zero-order valence-corrected chi connectivity index (χ0v) is 14.3. The summed E-state index contributed by atoms with van der Waals surface area (Å²) in [4.78, 5) is 14.4. The maximum Gasteiger partial charge on any atom is 0.315 e. The molecule has 26 heavy (non-hydrogen) atoms. The van der Waals surface area contributed by atoms with Crippen molar-refractivity contribution in [1.82, 2.24) is 15.1 Å². The molecule has 1 fully saturated rings. The molecule has 0 spiro atoms. The molecule has 0 bridgehead atoms. The molecule has 0 N–H and O–H groups in total. The van der Waals surface area contributed by atoms with Gasteiger partial charge >= 0.3 is 5.97 Å². The topological polar surface area (TPSA) is 64.6 Å². The molecule has 8 heteroatoms. The minimum Gasteiger partial charge on any atom is -0.437 e. The first-order valence-electron chi connectivity index (χ1n) is 8.46. The largest absolute Gasteiger partial charge is 0.437 e. The van der Waals surface area contributed by atoms with Crippen molar-refractivity contribution in [2.75, 3.05) is 19.6 Å². The van der Waals surface area contributed by atoms with Gasteiger partial charge in [-0.15, -0.1) is 10.2 Å². The van der Waals surface area contributed by atoms with Crippen LogP contribution in [0.15, 0.2) is 30.3 Å². The van der Waals surface area contributed by atoms with Crippen LogP contribution in [-0.2, 0) is 4.79 Å². The van der Waals surface area contributed by atoms with Gasteiger partial charge in [-0.3, -0.25) is 4.79 Å². The lowest BCUT2D eigenvalue weighted by Crippen LogP contribution is -2.37. The first kappa shape index (κ1) is 18.2. The summed E-state index contributed by atoms with van der Waals surface area (Å²) in [5.41, 5.74) is 0. The van der Waals surface area contributed by atoms with Crippen LogP contribution in [0, 0.1) is 17.6 Å². The molecule has 0 atom stereocenters. The Hall–Kier alpha value is -2.61. The van der Waals surface area contributed by atoms with E-state index in [2.05, 4.69) is 22.0 Å². The average Bonchev–Trinajstić information content (AvgIpc) is 2.66. The number of esters is 1. The smallest absolute Gasteiger partial charge is 0.315 e. The second-order valence-electron chi connectivity index (χ2n) is 6.02. The number of rotatable bonds is 5. The normalized spacial score (nSPS) is 15.7. The van der Waals surface area contributed by atoms with Gasteiger partial charge in [-0.1, -0.05) is 6.92 Å². The molecular weight excluding hydrogens is 344 g/mol. The van der Waals surface area contributed by atoms with Crippen molar-refractivity contribution in [3.63, 3.8) is 0 Å². The van der Waals surface area contributed by atoms with Gasteiger partial charge in [0.05, 0.1) is 5.92 Å². The predicted octanol–water partition coefficient (Wildman–Crippen LogP) is 3.18. The number of hydrogen-bond donors (Lipinski definition) is 0. The highest BCUT2D eigenvalue weighted by atomic mass is 19.1. The van der Waals surface area contributed by atoms with Gasteiger partial charge in [-0.05, 0) is 56.7 Å². The third-order valence-electron chi connectivity index (χ3n) is 4.30. The van der Waals surface area contributed by atoms with Crippen molar-refractivity contribution in [3.05, 3.63) is 42.0 Å². The van der Waals surface area contributed by atoms with Crippen LogP contribution in [0.25, 0.3) is 0 Å². The van der Waals surface area contributed by atoms with Crippen LogP contribution in [-0.4, -0.2) is 40.7 Å². The maximum absolute atomic E-state index is 14.1. The highest BCUT2D eigenvalue weighted by Gasteiger charge is 2.27. The summed E-state index contributed by atoms with van der Waals surface area (Å²) in [6.07, 6.45) is 1.35. The van der Waals surface area contributed by atoms with Crippen LogP contribution >= 0.6 is 0 Å². The Labute approximate surface area is 149 Å². The Morgan fingerprint density at radius 2 is 1.88 bits per heavy atom. The molecule has 1 aliphatic heterocycles. The van der Waals surface area contributed by atoms with Crippen molar-refractivity contribution < 1.29 is 23.0 Å². The molecule has 138 valence electrons. The molecule has 0 aliphatic carbocycles.